The van der Waals surface area contributed by atoms with Gasteiger partial charge in [0.15, 0.2) is 0 Å². The van der Waals surface area contributed by atoms with Gasteiger partial charge in [-0.2, -0.15) is 0 Å². The number of hydrogen-bond donors (Lipinski definition) is 1. The Morgan fingerprint density at radius 1 is 1.04 bits per heavy atom. The van der Waals surface area contributed by atoms with E-state index in [1.165, 1.54) is 0 Å². The molecule has 1 aromatic carbocycles. The van der Waals surface area contributed by atoms with Crippen LogP contribution in [0.2, 0.25) is 16.6 Å². The number of nitro benzene ring substituents is 1. The Balaban J connectivity index is 3.46. The minimum atomic E-state index is -1.87. The zero-order chi connectivity index (χ0) is 20.9. The molecule has 0 aliphatic carbocycles. The van der Waals surface area contributed by atoms with Crippen LogP contribution < -0.4 is 5.32 Å². The fraction of sp³-hybridized carbons (Fsp3) is 0.636. The Bertz CT molecular complexity index is 706. The molecule has 0 aliphatic rings. The van der Waals surface area contributed by atoms with Crippen molar-refractivity contribution in [3.63, 3.8) is 0 Å². The molecule has 0 atom stereocenters. The van der Waals surface area contributed by atoms with Gasteiger partial charge in [-0.05, 0) is 41.1 Å². The predicted molar refractivity (Wildman–Crippen MR) is 119 cm³/mol. The van der Waals surface area contributed by atoms with E-state index < -0.39 is 8.07 Å². The van der Waals surface area contributed by atoms with Crippen LogP contribution in [0.1, 0.15) is 66.5 Å². The highest BCUT2D eigenvalue weighted by atomic mass is 28.3. The number of hydrogen-bond acceptors (Lipinski definition) is 3. The minimum absolute atomic E-state index is 0.108. The van der Waals surface area contributed by atoms with Crippen LogP contribution in [-0.4, -0.2) is 19.5 Å². The molecule has 4 nitrogen and oxygen atoms in total. The van der Waals surface area contributed by atoms with E-state index in [0.29, 0.717) is 34.8 Å². The molecule has 0 heterocycles. The maximum Gasteiger partial charge on any atom is 0.293 e. The average molecular weight is 389 g/mol. The van der Waals surface area contributed by atoms with Crippen molar-refractivity contribution >= 4 is 19.4 Å². The first-order valence-corrected chi connectivity index (χ1v) is 12.2. The number of nitrogens with one attached hydrogen (secondary N) is 1. The highest BCUT2D eigenvalue weighted by molar-refractivity contribution is 6.90. The topological polar surface area (TPSA) is 55.2 Å². The summed E-state index contributed by atoms with van der Waals surface area (Å²) >= 11 is 0. The van der Waals surface area contributed by atoms with E-state index >= 15 is 0 Å². The summed E-state index contributed by atoms with van der Waals surface area (Å²) in [7, 11) is -1.87. The van der Waals surface area contributed by atoms with Crippen molar-refractivity contribution in [3.8, 4) is 11.5 Å². The number of nitro groups is 1. The van der Waals surface area contributed by atoms with E-state index in [4.69, 9.17) is 0 Å². The third-order valence-electron chi connectivity index (χ3n) is 5.52. The van der Waals surface area contributed by atoms with Gasteiger partial charge in [-0.15, -0.1) is 5.54 Å². The summed E-state index contributed by atoms with van der Waals surface area (Å²) < 4.78 is 0. The highest BCUT2D eigenvalue weighted by Crippen LogP contribution is 2.41. The van der Waals surface area contributed by atoms with Crippen LogP contribution in [0.15, 0.2) is 12.1 Å². The molecule has 0 saturated heterocycles. The van der Waals surface area contributed by atoms with E-state index in [2.05, 4.69) is 72.2 Å². The molecule has 0 amide bonds. The number of aryl methyl sites for hydroxylation is 1. The normalized spacial score (nSPS) is 11.9. The molecule has 1 rings (SSSR count). The average Bonchev–Trinajstić information content (AvgIpc) is 2.53. The van der Waals surface area contributed by atoms with Crippen LogP contribution in [0.3, 0.4) is 0 Å². The van der Waals surface area contributed by atoms with Gasteiger partial charge in [0.25, 0.3) is 5.69 Å². The lowest BCUT2D eigenvalue weighted by atomic mass is 10.1. The Morgan fingerprint density at radius 2 is 1.56 bits per heavy atom. The second-order valence-electron chi connectivity index (χ2n) is 8.86. The third-order valence-corrected chi connectivity index (χ3v) is 11.8. The van der Waals surface area contributed by atoms with E-state index in [1.54, 1.807) is 6.07 Å². The predicted octanol–water partition coefficient (Wildman–Crippen LogP) is 6.54. The van der Waals surface area contributed by atoms with Crippen LogP contribution in [0, 0.1) is 34.4 Å². The molecule has 0 fully saturated rings. The lowest BCUT2D eigenvalue weighted by Crippen LogP contribution is -2.43. The first-order chi connectivity index (χ1) is 12.4. The lowest BCUT2D eigenvalue weighted by Gasteiger charge is -2.38. The van der Waals surface area contributed by atoms with Crippen molar-refractivity contribution in [2.45, 2.75) is 78.9 Å². The molecule has 150 valence electrons. The first kappa shape index (κ1) is 23.2. The van der Waals surface area contributed by atoms with Crippen LogP contribution in [-0.2, 0) is 0 Å². The molecule has 0 saturated carbocycles. The second-order valence-corrected chi connectivity index (χ2v) is 14.4. The molecule has 1 aromatic rings. The van der Waals surface area contributed by atoms with Crippen LogP contribution in [0.4, 0.5) is 11.4 Å². The largest absolute Gasteiger partial charge is 0.379 e. The number of rotatable bonds is 7. The standard InChI is InChI=1S/C22H36N2O2Si/c1-15(2)14-23-21-12-19(9)20(13-22(21)24(25)26)10-11-27(16(3)4,17(5)6)18(7)8/h12-13,15-18,23H,14H2,1-9H3. The van der Waals surface area contributed by atoms with Crippen LogP contribution >= 0.6 is 0 Å². The summed E-state index contributed by atoms with van der Waals surface area (Å²) in [5.41, 5.74) is 7.72. The van der Waals surface area contributed by atoms with E-state index in [0.717, 1.165) is 11.1 Å². The van der Waals surface area contributed by atoms with Gasteiger partial charge in [0, 0.05) is 18.2 Å². The Morgan fingerprint density at radius 3 is 1.96 bits per heavy atom. The molecule has 0 bridgehead atoms. The van der Waals surface area contributed by atoms with Crippen molar-refractivity contribution < 1.29 is 4.92 Å². The Kier molecular flexibility index (Phi) is 8.10. The van der Waals surface area contributed by atoms with Gasteiger partial charge in [0.2, 0.25) is 0 Å². The zero-order valence-electron chi connectivity index (χ0n) is 18.4. The summed E-state index contributed by atoms with van der Waals surface area (Å²) in [6.07, 6.45) is 0. The van der Waals surface area contributed by atoms with Crippen molar-refractivity contribution in [1.29, 1.82) is 0 Å². The van der Waals surface area contributed by atoms with Gasteiger partial charge in [-0.1, -0.05) is 61.3 Å². The fourth-order valence-electron chi connectivity index (χ4n) is 4.05. The van der Waals surface area contributed by atoms with E-state index in [9.17, 15) is 10.1 Å². The summed E-state index contributed by atoms with van der Waals surface area (Å²) in [6.45, 7) is 20.5. The fourth-order valence-corrected chi connectivity index (χ4v) is 9.26. The molecule has 0 unspecified atom stereocenters. The van der Waals surface area contributed by atoms with Gasteiger partial charge < -0.3 is 5.32 Å². The molecule has 0 spiro atoms. The number of benzene rings is 1. The molecule has 1 N–H and O–H groups in total. The molecule has 5 heteroatoms. The van der Waals surface area contributed by atoms with Crippen molar-refractivity contribution in [2.24, 2.45) is 5.92 Å². The first-order valence-electron chi connectivity index (χ1n) is 9.99. The molecular formula is C22H36N2O2Si. The number of anilines is 1. The molecule has 0 radical (unpaired) electrons. The third kappa shape index (κ3) is 5.35. The van der Waals surface area contributed by atoms with Gasteiger partial charge in [-0.25, -0.2) is 0 Å². The van der Waals surface area contributed by atoms with Gasteiger partial charge in [0.1, 0.15) is 13.8 Å². The van der Waals surface area contributed by atoms with Crippen LogP contribution in [0.25, 0.3) is 0 Å². The van der Waals surface area contributed by atoms with E-state index in [-0.39, 0.29) is 10.6 Å². The molecule has 27 heavy (non-hydrogen) atoms. The van der Waals surface area contributed by atoms with Crippen molar-refractivity contribution in [2.75, 3.05) is 11.9 Å². The monoisotopic (exact) mass is 388 g/mol. The van der Waals surface area contributed by atoms with Gasteiger partial charge in [0.05, 0.1) is 4.92 Å². The Labute approximate surface area is 166 Å². The van der Waals surface area contributed by atoms with Gasteiger partial charge >= 0.3 is 0 Å². The van der Waals surface area contributed by atoms with Crippen LogP contribution in [0.5, 0.6) is 0 Å². The number of nitrogens with zero attached hydrogens (tertiary/aromatic N) is 1. The summed E-state index contributed by atoms with van der Waals surface area (Å²) in [6, 6.07) is 3.51. The van der Waals surface area contributed by atoms with Gasteiger partial charge in [-0.3, -0.25) is 10.1 Å². The summed E-state index contributed by atoms with van der Waals surface area (Å²) in [5, 5.41) is 14.8. The highest BCUT2D eigenvalue weighted by Gasteiger charge is 2.41. The van der Waals surface area contributed by atoms with Crippen molar-refractivity contribution in [3.05, 3.63) is 33.4 Å². The molecular weight excluding hydrogens is 352 g/mol. The van der Waals surface area contributed by atoms with E-state index in [1.807, 2.05) is 13.0 Å². The quantitative estimate of drug-likeness (QED) is 0.250. The smallest absolute Gasteiger partial charge is 0.293 e. The maximum absolute atomic E-state index is 11.6. The second kappa shape index (κ2) is 9.41. The SMILES string of the molecule is Cc1cc(NCC(C)C)c([N+](=O)[O-])cc1C#C[Si](C(C)C)(C(C)C)C(C)C. The summed E-state index contributed by atoms with van der Waals surface area (Å²) in [5.74, 6) is 3.78. The minimum Gasteiger partial charge on any atom is -0.379 e. The molecule has 0 aromatic heterocycles. The van der Waals surface area contributed by atoms with Crippen molar-refractivity contribution in [1.82, 2.24) is 0 Å². The molecule has 0 aliphatic heterocycles. The maximum atomic E-state index is 11.6. The lowest BCUT2D eigenvalue weighted by molar-refractivity contribution is -0.384. The Hall–Kier alpha value is -1.80. The zero-order valence-corrected chi connectivity index (χ0v) is 19.4. The summed E-state index contributed by atoms with van der Waals surface area (Å²) in [4.78, 5) is 11.3.